The first-order chi connectivity index (χ1) is 14.1. The van der Waals surface area contributed by atoms with Crippen molar-refractivity contribution in [3.8, 4) is 11.8 Å². The van der Waals surface area contributed by atoms with Gasteiger partial charge in [0.05, 0.1) is 6.07 Å². The Morgan fingerprint density at radius 1 is 1.10 bits per heavy atom. The van der Waals surface area contributed by atoms with E-state index in [4.69, 9.17) is 10.00 Å². The van der Waals surface area contributed by atoms with E-state index in [1.807, 2.05) is 37.4 Å². The van der Waals surface area contributed by atoms with Gasteiger partial charge in [0.25, 0.3) is 0 Å². The molecule has 29 heavy (non-hydrogen) atoms. The molecule has 0 aliphatic carbocycles. The van der Waals surface area contributed by atoms with Crippen molar-refractivity contribution in [2.45, 2.75) is 32.0 Å². The molecule has 5 heteroatoms. The first kappa shape index (κ1) is 21.3. The number of likely N-dealkylation sites (tertiary alicyclic amines) is 1. The molecule has 2 aromatic carbocycles. The molecule has 1 unspecified atom stereocenters. The highest BCUT2D eigenvalue weighted by atomic mass is 16.5. The monoisotopic (exact) mass is 393 g/mol. The lowest BCUT2D eigenvalue weighted by molar-refractivity contribution is 0.0744. The summed E-state index contributed by atoms with van der Waals surface area (Å²) in [7, 11) is 2.00. The fourth-order valence-electron chi connectivity index (χ4n) is 3.73. The van der Waals surface area contributed by atoms with Gasteiger partial charge in [-0.2, -0.15) is 5.26 Å². The third-order valence-corrected chi connectivity index (χ3v) is 5.36. The summed E-state index contributed by atoms with van der Waals surface area (Å²) in [5.74, 6) is 1.00. The number of hydrogen-bond acceptors (Lipinski definition) is 5. The normalized spacial score (nSPS) is 16.5. The topological polar surface area (TPSA) is 59.7 Å². The van der Waals surface area contributed by atoms with Gasteiger partial charge in [0, 0.05) is 25.6 Å². The van der Waals surface area contributed by atoms with Gasteiger partial charge in [-0.15, -0.1) is 0 Å². The van der Waals surface area contributed by atoms with E-state index in [0.29, 0.717) is 6.54 Å². The van der Waals surface area contributed by atoms with Crippen molar-refractivity contribution in [3.63, 3.8) is 0 Å². The van der Waals surface area contributed by atoms with Crippen LogP contribution >= 0.6 is 0 Å². The van der Waals surface area contributed by atoms with Crippen LogP contribution in [-0.2, 0) is 13.1 Å². The maximum Gasteiger partial charge on any atom is 0.119 e. The molecule has 1 atom stereocenters. The smallest absolute Gasteiger partial charge is 0.119 e. The molecule has 1 aliphatic heterocycles. The zero-order chi connectivity index (χ0) is 20.5. The quantitative estimate of drug-likeness (QED) is 0.708. The Morgan fingerprint density at radius 2 is 1.79 bits per heavy atom. The lowest BCUT2D eigenvalue weighted by Crippen LogP contribution is -2.33. The molecule has 154 valence electrons. The number of piperidine rings is 1. The summed E-state index contributed by atoms with van der Waals surface area (Å²) in [5, 5.41) is 19.3. The lowest BCUT2D eigenvalue weighted by atomic mass is 9.98. The van der Waals surface area contributed by atoms with Crippen LogP contribution in [0.2, 0.25) is 0 Å². The van der Waals surface area contributed by atoms with E-state index in [2.05, 4.69) is 40.1 Å². The molecular weight excluding hydrogens is 362 g/mol. The predicted octanol–water partition coefficient (Wildman–Crippen LogP) is 3.29. The van der Waals surface area contributed by atoms with Crippen molar-refractivity contribution in [2.75, 3.05) is 33.3 Å². The van der Waals surface area contributed by atoms with Crippen LogP contribution in [0.3, 0.4) is 0 Å². The van der Waals surface area contributed by atoms with Crippen LogP contribution in [0.4, 0.5) is 0 Å². The van der Waals surface area contributed by atoms with E-state index in [-0.39, 0.29) is 12.5 Å². The van der Waals surface area contributed by atoms with E-state index >= 15 is 0 Å². The zero-order valence-corrected chi connectivity index (χ0v) is 17.2. The van der Waals surface area contributed by atoms with Gasteiger partial charge in [-0.25, -0.2) is 0 Å². The average Bonchev–Trinajstić information content (AvgIpc) is 2.74. The second kappa shape index (κ2) is 11.0. The van der Waals surface area contributed by atoms with Crippen molar-refractivity contribution in [2.24, 2.45) is 5.92 Å². The van der Waals surface area contributed by atoms with Crippen LogP contribution in [0.15, 0.2) is 54.6 Å². The number of aliphatic hydroxyl groups is 1. The summed E-state index contributed by atoms with van der Waals surface area (Å²) in [4.78, 5) is 4.50. The van der Waals surface area contributed by atoms with Gasteiger partial charge in [0.2, 0.25) is 0 Å². The fourth-order valence-corrected chi connectivity index (χ4v) is 3.73. The summed E-state index contributed by atoms with van der Waals surface area (Å²) >= 11 is 0. The number of likely N-dealkylation sites (N-methyl/N-ethyl adjacent to an activating group) is 1. The zero-order valence-electron chi connectivity index (χ0n) is 17.2. The van der Waals surface area contributed by atoms with Gasteiger partial charge in [-0.05, 0) is 56.2 Å². The molecule has 1 saturated heterocycles. The SMILES string of the molecule is CN(Cc1ccccc1)CC(O)COc1ccc(CN2CCC(C#N)CC2)cc1. The number of nitrogens with zero attached hydrogens (tertiary/aromatic N) is 3. The Balaban J connectivity index is 1.37. The van der Waals surface area contributed by atoms with Crippen molar-refractivity contribution < 1.29 is 9.84 Å². The highest BCUT2D eigenvalue weighted by molar-refractivity contribution is 5.27. The summed E-state index contributed by atoms with van der Waals surface area (Å²) < 4.78 is 5.77. The summed E-state index contributed by atoms with van der Waals surface area (Å²) in [6.45, 7) is 4.52. The standard InChI is InChI=1S/C24H31N3O2/c1-26(16-21-5-3-2-4-6-21)18-23(28)19-29-24-9-7-22(8-10-24)17-27-13-11-20(15-25)12-14-27/h2-10,20,23,28H,11-14,16-19H2,1H3. The molecule has 0 spiro atoms. The van der Waals surface area contributed by atoms with Crippen LogP contribution in [0.25, 0.3) is 0 Å². The molecule has 0 radical (unpaired) electrons. The van der Waals surface area contributed by atoms with Crippen molar-refractivity contribution in [3.05, 3.63) is 65.7 Å². The van der Waals surface area contributed by atoms with Gasteiger partial charge in [-0.1, -0.05) is 42.5 Å². The van der Waals surface area contributed by atoms with Gasteiger partial charge < -0.3 is 9.84 Å². The van der Waals surface area contributed by atoms with E-state index in [0.717, 1.165) is 44.8 Å². The minimum absolute atomic E-state index is 0.222. The Labute approximate surface area is 174 Å². The number of aliphatic hydroxyl groups excluding tert-OH is 1. The first-order valence-electron chi connectivity index (χ1n) is 10.4. The summed E-state index contributed by atoms with van der Waals surface area (Å²) in [5.41, 5.74) is 2.48. The number of hydrogen-bond donors (Lipinski definition) is 1. The van der Waals surface area contributed by atoms with Gasteiger partial charge in [0.15, 0.2) is 0 Å². The average molecular weight is 394 g/mol. The lowest BCUT2D eigenvalue weighted by Gasteiger charge is -2.29. The molecular formula is C24H31N3O2. The molecule has 0 amide bonds. The van der Waals surface area contributed by atoms with Gasteiger partial charge >= 0.3 is 0 Å². The Bertz CT molecular complexity index is 765. The van der Waals surface area contributed by atoms with E-state index in [1.165, 1.54) is 11.1 Å². The summed E-state index contributed by atoms with van der Waals surface area (Å²) in [6, 6.07) is 20.7. The Hall–Kier alpha value is -2.39. The van der Waals surface area contributed by atoms with Crippen LogP contribution in [0.1, 0.15) is 24.0 Å². The van der Waals surface area contributed by atoms with E-state index in [9.17, 15) is 5.11 Å². The fraction of sp³-hybridized carbons (Fsp3) is 0.458. The second-order valence-corrected chi connectivity index (χ2v) is 7.97. The van der Waals surface area contributed by atoms with Crippen LogP contribution in [0, 0.1) is 17.2 Å². The molecule has 0 saturated carbocycles. The highest BCUT2D eigenvalue weighted by Crippen LogP contribution is 2.19. The third-order valence-electron chi connectivity index (χ3n) is 5.36. The molecule has 1 heterocycles. The maximum atomic E-state index is 10.3. The van der Waals surface area contributed by atoms with Crippen molar-refractivity contribution in [1.82, 2.24) is 9.80 Å². The molecule has 5 nitrogen and oxygen atoms in total. The van der Waals surface area contributed by atoms with Crippen LogP contribution in [-0.4, -0.2) is 54.3 Å². The molecule has 2 aromatic rings. The number of rotatable bonds is 9. The molecule has 1 N–H and O–H groups in total. The molecule has 0 aromatic heterocycles. The van der Waals surface area contributed by atoms with Gasteiger partial charge in [0.1, 0.15) is 18.5 Å². The number of benzene rings is 2. The molecule has 1 aliphatic rings. The summed E-state index contributed by atoms with van der Waals surface area (Å²) in [6.07, 6.45) is 1.40. The molecule has 1 fully saturated rings. The second-order valence-electron chi connectivity index (χ2n) is 7.97. The maximum absolute atomic E-state index is 10.3. The van der Waals surface area contributed by atoms with E-state index < -0.39 is 6.10 Å². The minimum Gasteiger partial charge on any atom is -0.491 e. The highest BCUT2D eigenvalue weighted by Gasteiger charge is 2.18. The first-order valence-corrected chi connectivity index (χ1v) is 10.4. The molecule has 3 rings (SSSR count). The van der Waals surface area contributed by atoms with Crippen LogP contribution < -0.4 is 4.74 Å². The number of ether oxygens (including phenoxy) is 1. The third kappa shape index (κ3) is 7.17. The van der Waals surface area contributed by atoms with E-state index in [1.54, 1.807) is 0 Å². The number of nitriles is 1. The largest absolute Gasteiger partial charge is 0.491 e. The van der Waals surface area contributed by atoms with Gasteiger partial charge in [-0.3, -0.25) is 9.80 Å². The molecule has 0 bridgehead atoms. The Kier molecular flexibility index (Phi) is 8.06. The van der Waals surface area contributed by atoms with Crippen molar-refractivity contribution in [1.29, 1.82) is 5.26 Å². The minimum atomic E-state index is -0.537. The van der Waals surface area contributed by atoms with Crippen LogP contribution in [0.5, 0.6) is 5.75 Å². The Morgan fingerprint density at radius 3 is 2.45 bits per heavy atom. The predicted molar refractivity (Wildman–Crippen MR) is 114 cm³/mol. The van der Waals surface area contributed by atoms with Crippen molar-refractivity contribution >= 4 is 0 Å².